The molecule has 0 saturated heterocycles. The van der Waals surface area contributed by atoms with E-state index in [-0.39, 0.29) is 5.91 Å². The topological polar surface area (TPSA) is 108 Å². The number of aromatic nitrogens is 6. The molecule has 0 fully saturated rings. The Balaban J connectivity index is 1.58. The van der Waals surface area contributed by atoms with Gasteiger partial charge in [0.05, 0.1) is 0 Å². The van der Waals surface area contributed by atoms with Crippen molar-refractivity contribution in [2.24, 2.45) is 0 Å². The SMILES string of the molecule is COc1ccc(Cn2cnc3c([AsH]c4ccnc(NC(C)=O)c4)nc(-c4cccc(C)n4)nc32)cc1. The Morgan fingerprint density at radius 3 is 2.64 bits per heavy atom. The fourth-order valence-corrected chi connectivity index (χ4v) is 6.05. The van der Waals surface area contributed by atoms with Gasteiger partial charge in [0.25, 0.3) is 0 Å². The van der Waals surface area contributed by atoms with Crippen molar-refractivity contribution in [3.63, 3.8) is 0 Å². The van der Waals surface area contributed by atoms with Gasteiger partial charge >= 0.3 is 215 Å². The Hall–Kier alpha value is -4.10. The molecule has 0 aliphatic rings. The van der Waals surface area contributed by atoms with Crippen LogP contribution in [0.1, 0.15) is 18.2 Å². The summed E-state index contributed by atoms with van der Waals surface area (Å²) in [5.41, 5.74) is 4.26. The monoisotopic (exact) mass is 541 g/mol. The summed E-state index contributed by atoms with van der Waals surface area (Å²) in [7, 11) is 1.66. The molecule has 5 aromatic rings. The molecule has 4 aromatic heterocycles. The number of methoxy groups -OCH3 is 1. The van der Waals surface area contributed by atoms with Crippen LogP contribution in [0.15, 0.2) is 67.1 Å². The Labute approximate surface area is 214 Å². The third-order valence-electron chi connectivity index (χ3n) is 5.42. The molecule has 1 amide bonds. The number of carbonyl (C=O) groups is 1. The molecule has 36 heavy (non-hydrogen) atoms. The van der Waals surface area contributed by atoms with Crippen molar-refractivity contribution in [3.8, 4) is 17.3 Å². The molecule has 0 bridgehead atoms. The van der Waals surface area contributed by atoms with Gasteiger partial charge in [-0.2, -0.15) is 0 Å². The number of amides is 1. The van der Waals surface area contributed by atoms with Gasteiger partial charge in [-0.1, -0.05) is 0 Å². The van der Waals surface area contributed by atoms with Gasteiger partial charge in [-0.15, -0.1) is 0 Å². The van der Waals surface area contributed by atoms with E-state index in [1.807, 2.05) is 72.4 Å². The molecule has 1 atom stereocenters. The van der Waals surface area contributed by atoms with Crippen LogP contribution in [0.25, 0.3) is 22.7 Å². The van der Waals surface area contributed by atoms with Crippen molar-refractivity contribution in [3.05, 3.63) is 78.4 Å². The van der Waals surface area contributed by atoms with Crippen LogP contribution >= 0.6 is 0 Å². The number of nitrogens with one attached hydrogen (secondary N) is 1. The summed E-state index contributed by atoms with van der Waals surface area (Å²) < 4.78 is 9.28. The van der Waals surface area contributed by atoms with Crippen LogP contribution in [0, 0.1) is 6.92 Å². The molecular formula is C26H24AsN7O2. The van der Waals surface area contributed by atoms with Crippen LogP contribution in [0.5, 0.6) is 5.75 Å². The van der Waals surface area contributed by atoms with Gasteiger partial charge in [0.1, 0.15) is 0 Å². The predicted octanol–water partition coefficient (Wildman–Crippen LogP) is 1.99. The van der Waals surface area contributed by atoms with Crippen LogP contribution in [0.4, 0.5) is 5.82 Å². The molecule has 4 heterocycles. The second kappa shape index (κ2) is 10.3. The average molecular weight is 541 g/mol. The Morgan fingerprint density at radius 1 is 1.06 bits per heavy atom. The van der Waals surface area contributed by atoms with Gasteiger partial charge in [-0.25, -0.2) is 0 Å². The third-order valence-corrected chi connectivity index (χ3v) is 7.91. The van der Waals surface area contributed by atoms with E-state index in [1.54, 1.807) is 13.3 Å². The fraction of sp³-hybridized carbons (Fsp3) is 0.154. The number of ether oxygens (including phenoxy) is 1. The van der Waals surface area contributed by atoms with E-state index in [0.29, 0.717) is 18.2 Å². The number of hydrogen-bond donors (Lipinski definition) is 1. The molecule has 1 N–H and O–H groups in total. The first kappa shape index (κ1) is 23.6. The molecule has 10 heteroatoms. The van der Waals surface area contributed by atoms with E-state index in [4.69, 9.17) is 19.7 Å². The molecule has 0 radical (unpaired) electrons. The van der Waals surface area contributed by atoms with Crippen LogP contribution in [0.2, 0.25) is 0 Å². The Bertz CT molecular complexity index is 1550. The van der Waals surface area contributed by atoms with Gasteiger partial charge in [0.15, 0.2) is 0 Å². The number of nitrogens with zero attached hydrogens (tertiary/aromatic N) is 6. The van der Waals surface area contributed by atoms with Crippen LogP contribution in [-0.2, 0) is 11.3 Å². The normalized spacial score (nSPS) is 11.3. The minimum atomic E-state index is -0.919. The maximum atomic E-state index is 11.5. The predicted molar refractivity (Wildman–Crippen MR) is 140 cm³/mol. The molecule has 1 aromatic carbocycles. The van der Waals surface area contributed by atoms with E-state index >= 15 is 0 Å². The van der Waals surface area contributed by atoms with Crippen molar-refractivity contribution >= 4 is 47.5 Å². The first-order chi connectivity index (χ1) is 17.5. The number of hydrogen-bond acceptors (Lipinski definition) is 7. The number of benzene rings is 1. The summed E-state index contributed by atoms with van der Waals surface area (Å²) in [6, 6.07) is 17.6. The van der Waals surface area contributed by atoms with Crippen molar-refractivity contribution in [1.82, 2.24) is 29.5 Å². The summed E-state index contributed by atoms with van der Waals surface area (Å²) in [4.78, 5) is 34.9. The van der Waals surface area contributed by atoms with Gasteiger partial charge in [-0.05, 0) is 0 Å². The zero-order valence-electron chi connectivity index (χ0n) is 20.1. The van der Waals surface area contributed by atoms with Crippen LogP contribution in [0.3, 0.4) is 0 Å². The quantitative estimate of drug-likeness (QED) is 0.314. The Kier molecular flexibility index (Phi) is 6.73. The van der Waals surface area contributed by atoms with Crippen molar-refractivity contribution < 1.29 is 9.53 Å². The third kappa shape index (κ3) is 5.26. The molecule has 0 aliphatic heterocycles. The van der Waals surface area contributed by atoms with Gasteiger partial charge < -0.3 is 0 Å². The summed E-state index contributed by atoms with van der Waals surface area (Å²) in [5.74, 6) is 1.75. The van der Waals surface area contributed by atoms with Crippen molar-refractivity contribution in [2.45, 2.75) is 20.4 Å². The Morgan fingerprint density at radius 2 is 1.89 bits per heavy atom. The van der Waals surface area contributed by atoms with Crippen LogP contribution in [-0.4, -0.2) is 58.3 Å². The number of pyridine rings is 2. The molecule has 0 saturated carbocycles. The first-order valence-corrected chi connectivity index (χ1v) is 13.4. The summed E-state index contributed by atoms with van der Waals surface area (Å²) >= 11 is -0.919. The maximum absolute atomic E-state index is 11.5. The average Bonchev–Trinajstić information content (AvgIpc) is 3.27. The van der Waals surface area contributed by atoms with Crippen molar-refractivity contribution in [2.75, 3.05) is 12.4 Å². The number of anilines is 1. The van der Waals surface area contributed by atoms with Crippen LogP contribution < -0.4 is 18.9 Å². The summed E-state index contributed by atoms with van der Waals surface area (Å²) in [5, 5.41) is 2.75. The van der Waals surface area contributed by atoms with E-state index in [9.17, 15) is 4.79 Å². The van der Waals surface area contributed by atoms with Gasteiger partial charge in [0.2, 0.25) is 0 Å². The van der Waals surface area contributed by atoms with E-state index in [1.165, 1.54) is 6.92 Å². The minimum absolute atomic E-state index is 0.158. The van der Waals surface area contributed by atoms with Crippen molar-refractivity contribution in [1.29, 1.82) is 0 Å². The summed E-state index contributed by atoms with van der Waals surface area (Å²) in [6.45, 7) is 4.03. The molecule has 1 unspecified atom stereocenters. The van der Waals surface area contributed by atoms with E-state index in [2.05, 4.69) is 15.3 Å². The zero-order chi connectivity index (χ0) is 25.1. The number of aryl methyl sites for hydroxylation is 1. The van der Waals surface area contributed by atoms with Gasteiger partial charge in [-0.3, -0.25) is 0 Å². The number of carbonyl (C=O) groups excluding carboxylic acids is 1. The molecular weight excluding hydrogens is 517 g/mol. The molecule has 9 nitrogen and oxygen atoms in total. The second-order valence-corrected chi connectivity index (χ2v) is 10.9. The number of fused-ring (bicyclic) bond motifs is 1. The molecule has 5 rings (SSSR count). The van der Waals surface area contributed by atoms with E-state index in [0.717, 1.165) is 42.7 Å². The molecule has 0 aliphatic carbocycles. The number of rotatable bonds is 7. The zero-order valence-corrected chi connectivity index (χ0v) is 22.2. The van der Waals surface area contributed by atoms with E-state index < -0.39 is 15.8 Å². The summed E-state index contributed by atoms with van der Waals surface area (Å²) in [6.07, 6.45) is 3.51. The second-order valence-electron chi connectivity index (χ2n) is 8.19. The first-order valence-electron chi connectivity index (χ1n) is 11.3. The molecule has 180 valence electrons. The molecule has 0 spiro atoms. The fourth-order valence-electron chi connectivity index (χ4n) is 3.75. The van der Waals surface area contributed by atoms with Gasteiger partial charge in [0, 0.05) is 0 Å². The standard InChI is InChI=1S/C26H24AsN7O2/c1-16-5-4-6-21(30-16)25-32-24(27-19-11-12-28-22(13-19)31-17(2)35)23-26(33-25)34(15-29-23)14-18-7-9-20(36-3)10-8-18/h4-13,15,27H,14H2,1-3H3,(H,28,31,35). The number of imidazole rings is 1.